The Morgan fingerprint density at radius 2 is 2.00 bits per heavy atom. The van der Waals surface area contributed by atoms with Crippen LogP contribution in [0.25, 0.3) is 0 Å². The van der Waals surface area contributed by atoms with Gasteiger partial charge in [0.25, 0.3) is 5.91 Å². The van der Waals surface area contributed by atoms with Gasteiger partial charge >= 0.3 is 5.69 Å². The fraction of sp³-hybridized carbons (Fsp3) is 0.0769. The second-order valence-electron chi connectivity index (χ2n) is 4.29. The van der Waals surface area contributed by atoms with Crippen LogP contribution in [0, 0.1) is 6.92 Å². The molecule has 0 saturated carbocycles. The van der Waals surface area contributed by atoms with Crippen molar-refractivity contribution in [1.82, 2.24) is 15.4 Å². The monoisotopic (exact) mass is 428 g/mol. The molecule has 2 rings (SSSR count). The molecule has 114 valence electrons. The van der Waals surface area contributed by atoms with Gasteiger partial charge in [0.05, 0.1) is 15.2 Å². The number of H-pyrrole nitrogens is 1. The molecule has 0 aliphatic heterocycles. The maximum Gasteiger partial charge on any atom is 0.345 e. The molecule has 0 bridgehead atoms. The molecular weight excluding hydrogens is 420 g/mol. The average Bonchev–Trinajstić information content (AvgIpc) is 2.43. The number of aromatic nitrogens is 2. The Morgan fingerprint density at radius 3 is 2.59 bits per heavy atom. The van der Waals surface area contributed by atoms with Crippen molar-refractivity contribution in [3.63, 3.8) is 0 Å². The third-order valence-electron chi connectivity index (χ3n) is 2.53. The van der Waals surface area contributed by atoms with Gasteiger partial charge in [-0.15, -0.1) is 0 Å². The number of nitrogens with zero attached hydrogens (tertiary/aromatic N) is 2. The minimum Gasteiger partial charge on any atom is -0.506 e. The van der Waals surface area contributed by atoms with E-state index in [0.29, 0.717) is 20.2 Å². The number of aromatic amines is 1. The lowest BCUT2D eigenvalue weighted by molar-refractivity contribution is 0.0949. The van der Waals surface area contributed by atoms with E-state index in [1.54, 1.807) is 19.1 Å². The highest BCUT2D eigenvalue weighted by Gasteiger charge is 2.08. The molecule has 7 nitrogen and oxygen atoms in total. The van der Waals surface area contributed by atoms with Crippen LogP contribution in [0.1, 0.15) is 21.7 Å². The number of amides is 1. The lowest BCUT2D eigenvalue weighted by atomic mass is 10.2. The van der Waals surface area contributed by atoms with E-state index in [0.717, 1.165) is 0 Å². The summed E-state index contributed by atoms with van der Waals surface area (Å²) in [4.78, 5) is 29.0. The van der Waals surface area contributed by atoms with Crippen molar-refractivity contribution in [1.29, 1.82) is 0 Å². The average molecular weight is 430 g/mol. The summed E-state index contributed by atoms with van der Waals surface area (Å²) in [6, 6.07) is 4.71. The molecule has 0 fully saturated rings. The molecule has 1 aromatic heterocycles. The highest BCUT2D eigenvalue weighted by Crippen LogP contribution is 2.32. The number of phenolic OH excluding ortho intramolecular Hbond substituents is 1. The number of benzene rings is 1. The summed E-state index contributed by atoms with van der Waals surface area (Å²) in [5.74, 6) is -0.522. The summed E-state index contributed by atoms with van der Waals surface area (Å²) in [7, 11) is 0. The van der Waals surface area contributed by atoms with Crippen LogP contribution in [-0.4, -0.2) is 27.2 Å². The van der Waals surface area contributed by atoms with E-state index in [2.05, 4.69) is 52.4 Å². The van der Waals surface area contributed by atoms with E-state index >= 15 is 0 Å². The van der Waals surface area contributed by atoms with Crippen molar-refractivity contribution in [3.05, 3.63) is 54.6 Å². The summed E-state index contributed by atoms with van der Waals surface area (Å²) >= 11 is 6.39. The molecule has 0 spiro atoms. The summed E-state index contributed by atoms with van der Waals surface area (Å²) in [6.45, 7) is 1.65. The van der Waals surface area contributed by atoms with Gasteiger partial charge in [-0.25, -0.2) is 10.2 Å². The number of hydrogen-bond donors (Lipinski definition) is 3. The highest BCUT2D eigenvalue weighted by molar-refractivity contribution is 9.11. The largest absolute Gasteiger partial charge is 0.506 e. The zero-order chi connectivity index (χ0) is 16.3. The fourth-order valence-corrected chi connectivity index (χ4v) is 2.80. The van der Waals surface area contributed by atoms with Crippen molar-refractivity contribution >= 4 is 44.0 Å². The number of nitrogens with one attached hydrogen (secondary N) is 2. The smallest absolute Gasteiger partial charge is 0.345 e. The zero-order valence-corrected chi connectivity index (χ0v) is 14.4. The number of aryl methyl sites for hydroxylation is 1. The van der Waals surface area contributed by atoms with Crippen molar-refractivity contribution in [2.75, 3.05) is 0 Å². The Balaban J connectivity index is 2.12. The first kappa shape index (κ1) is 16.4. The van der Waals surface area contributed by atoms with Crippen molar-refractivity contribution in [3.8, 4) is 5.75 Å². The maximum absolute atomic E-state index is 11.8. The number of hydrazone groups is 1. The van der Waals surface area contributed by atoms with Gasteiger partial charge in [0.1, 0.15) is 11.4 Å². The molecule has 0 aliphatic rings. The fourth-order valence-electron chi connectivity index (χ4n) is 1.58. The molecule has 1 aromatic carbocycles. The maximum atomic E-state index is 11.8. The Bertz CT molecular complexity index is 794. The number of hydrogen-bond acceptors (Lipinski definition) is 5. The third kappa shape index (κ3) is 4.01. The minimum absolute atomic E-state index is 0.0218. The standard InChI is InChI=1S/C13H10Br2N4O3/c1-6-2-10(18-13(22)17-6)12(21)19-16-5-7-3-8(14)11(20)9(15)4-7/h2-5,20H,1H3,(H,19,21)(H,17,18,22)/b16-5+. The topological polar surface area (TPSA) is 107 Å². The number of rotatable bonds is 3. The first-order valence-electron chi connectivity index (χ1n) is 5.96. The number of phenols is 1. The summed E-state index contributed by atoms with van der Waals surface area (Å²) in [5.41, 5.74) is 2.83. The molecule has 9 heteroatoms. The van der Waals surface area contributed by atoms with Crippen LogP contribution in [0.2, 0.25) is 0 Å². The quantitative estimate of drug-likeness (QED) is 0.512. The summed E-state index contributed by atoms with van der Waals surface area (Å²) in [6.07, 6.45) is 1.40. The van der Waals surface area contributed by atoms with Gasteiger partial charge in [0, 0.05) is 5.69 Å². The first-order valence-corrected chi connectivity index (χ1v) is 7.55. The zero-order valence-electron chi connectivity index (χ0n) is 11.2. The molecule has 1 heterocycles. The van der Waals surface area contributed by atoms with Crippen LogP contribution in [0.5, 0.6) is 5.75 Å². The SMILES string of the molecule is Cc1cc(C(=O)N/N=C/c2cc(Br)c(O)c(Br)c2)nc(=O)[nH]1. The summed E-state index contributed by atoms with van der Waals surface area (Å²) in [5, 5.41) is 13.4. The highest BCUT2D eigenvalue weighted by atomic mass is 79.9. The first-order chi connectivity index (χ1) is 10.4. The van der Waals surface area contributed by atoms with Crippen molar-refractivity contribution in [2.24, 2.45) is 5.10 Å². The van der Waals surface area contributed by atoms with E-state index in [-0.39, 0.29) is 11.4 Å². The Labute approximate surface area is 141 Å². The Hall–Kier alpha value is -2.00. The number of aromatic hydroxyl groups is 1. The third-order valence-corrected chi connectivity index (χ3v) is 3.74. The molecule has 0 saturated heterocycles. The van der Waals surface area contributed by atoms with Gasteiger partial charge < -0.3 is 10.1 Å². The number of halogens is 2. The number of carbonyl (C=O) groups excluding carboxylic acids is 1. The molecule has 0 aliphatic carbocycles. The van der Waals surface area contributed by atoms with Gasteiger partial charge in [-0.2, -0.15) is 10.1 Å². The van der Waals surface area contributed by atoms with E-state index in [1.165, 1.54) is 12.3 Å². The molecule has 0 atom stereocenters. The lowest BCUT2D eigenvalue weighted by Gasteiger charge is -2.02. The molecule has 22 heavy (non-hydrogen) atoms. The minimum atomic E-state index is -0.597. The van der Waals surface area contributed by atoms with Crippen molar-refractivity contribution < 1.29 is 9.90 Å². The second-order valence-corrected chi connectivity index (χ2v) is 6.00. The van der Waals surface area contributed by atoms with E-state index < -0.39 is 11.6 Å². The van der Waals surface area contributed by atoms with Crippen LogP contribution >= 0.6 is 31.9 Å². The van der Waals surface area contributed by atoms with Crippen LogP contribution in [0.15, 0.2) is 37.0 Å². The van der Waals surface area contributed by atoms with E-state index in [9.17, 15) is 14.7 Å². The normalized spacial score (nSPS) is 10.9. The van der Waals surface area contributed by atoms with Crippen LogP contribution < -0.4 is 11.1 Å². The molecule has 0 unspecified atom stereocenters. The van der Waals surface area contributed by atoms with Gasteiger partial charge in [0.15, 0.2) is 0 Å². The molecule has 3 N–H and O–H groups in total. The predicted molar refractivity (Wildman–Crippen MR) is 88.2 cm³/mol. The second kappa shape index (κ2) is 6.84. The Kier molecular flexibility index (Phi) is 5.09. The van der Waals surface area contributed by atoms with Crippen LogP contribution in [0.4, 0.5) is 0 Å². The molecule has 1 amide bonds. The molecule has 0 radical (unpaired) electrons. The lowest BCUT2D eigenvalue weighted by Crippen LogP contribution is -2.24. The van der Waals surface area contributed by atoms with Gasteiger partial charge in [-0.3, -0.25) is 4.79 Å². The van der Waals surface area contributed by atoms with Crippen molar-refractivity contribution in [2.45, 2.75) is 6.92 Å². The van der Waals surface area contributed by atoms with Crippen LogP contribution in [0.3, 0.4) is 0 Å². The van der Waals surface area contributed by atoms with Crippen LogP contribution in [-0.2, 0) is 0 Å². The molecule has 2 aromatic rings. The number of carbonyl (C=O) groups is 1. The van der Waals surface area contributed by atoms with Gasteiger partial charge in [-0.05, 0) is 62.5 Å². The van der Waals surface area contributed by atoms with Gasteiger partial charge in [-0.1, -0.05) is 0 Å². The summed E-state index contributed by atoms with van der Waals surface area (Å²) < 4.78 is 0.975. The molecular formula is C13H10Br2N4O3. The van der Waals surface area contributed by atoms with E-state index in [1.807, 2.05) is 0 Å². The Morgan fingerprint density at radius 1 is 1.36 bits per heavy atom. The predicted octanol–water partition coefficient (Wildman–Crippen LogP) is 2.07. The van der Waals surface area contributed by atoms with E-state index in [4.69, 9.17) is 0 Å². The van der Waals surface area contributed by atoms with Gasteiger partial charge in [0.2, 0.25) is 0 Å².